The number of hydrogen-bond acceptors (Lipinski definition) is 7. The summed E-state index contributed by atoms with van der Waals surface area (Å²) in [6, 6.07) is 27.7. The highest BCUT2D eigenvalue weighted by atomic mass is 32.2. The van der Waals surface area contributed by atoms with Crippen LogP contribution in [0.4, 0.5) is 10.2 Å². The largest absolute Gasteiger partial charge is 0.481 e. The average Bonchev–Trinajstić information content (AvgIpc) is 3.48. The molecule has 252 valence electrons. The molecule has 3 aliphatic carbocycles. The second-order valence-corrected chi connectivity index (χ2v) is 15.0. The number of benzene rings is 3. The van der Waals surface area contributed by atoms with Crippen LogP contribution in [0.25, 0.3) is 44.9 Å². The number of carboxylic acid groups (broad SMARTS) is 1. The summed E-state index contributed by atoms with van der Waals surface area (Å²) in [6.07, 6.45) is 4.64. The Morgan fingerprint density at radius 3 is 2.16 bits per heavy atom. The van der Waals surface area contributed by atoms with Gasteiger partial charge in [-0.3, -0.25) is 4.79 Å². The highest BCUT2D eigenvalue weighted by molar-refractivity contribution is 7.90. The van der Waals surface area contributed by atoms with Crippen molar-refractivity contribution in [3.8, 4) is 33.9 Å². The van der Waals surface area contributed by atoms with Gasteiger partial charge >= 0.3 is 5.97 Å². The van der Waals surface area contributed by atoms with E-state index in [-0.39, 0.29) is 50.9 Å². The van der Waals surface area contributed by atoms with E-state index in [1.165, 1.54) is 6.07 Å². The number of carboxylic acids is 1. The van der Waals surface area contributed by atoms with Crippen LogP contribution in [0, 0.1) is 30.5 Å². The van der Waals surface area contributed by atoms with Gasteiger partial charge in [-0.15, -0.1) is 0 Å². The number of rotatable bonds is 8. The predicted molar refractivity (Wildman–Crippen MR) is 189 cm³/mol. The smallest absolute Gasteiger partial charge is 0.308 e. The Morgan fingerprint density at radius 2 is 1.50 bits per heavy atom. The number of aryl methyl sites for hydroxylation is 1. The summed E-state index contributed by atoms with van der Waals surface area (Å²) < 4.78 is 45.5. The number of carbonyl (C=O) groups is 1. The predicted octanol–water partition coefficient (Wildman–Crippen LogP) is 7.81. The van der Waals surface area contributed by atoms with Gasteiger partial charge in [-0.05, 0) is 62.6 Å². The highest BCUT2D eigenvalue weighted by Crippen LogP contribution is 2.47. The third kappa shape index (κ3) is 5.51. The van der Waals surface area contributed by atoms with Crippen molar-refractivity contribution in [2.45, 2.75) is 43.5 Å². The Labute approximate surface area is 288 Å². The van der Waals surface area contributed by atoms with Gasteiger partial charge in [0.1, 0.15) is 11.6 Å². The van der Waals surface area contributed by atoms with Crippen molar-refractivity contribution in [1.29, 1.82) is 0 Å². The van der Waals surface area contributed by atoms with Gasteiger partial charge in [-0.2, -0.15) is 0 Å². The number of aromatic nitrogens is 4. The molecule has 2 unspecified atom stereocenters. The van der Waals surface area contributed by atoms with Gasteiger partial charge in [0.15, 0.2) is 11.5 Å². The summed E-state index contributed by atoms with van der Waals surface area (Å²) in [6.45, 7) is 1.87. The van der Waals surface area contributed by atoms with Crippen molar-refractivity contribution < 1.29 is 22.7 Å². The summed E-state index contributed by atoms with van der Waals surface area (Å²) >= 11 is 0. The molecule has 0 radical (unpaired) electrons. The standard InChI is InChI=1S/C39H34FN5O4S/c1-23-12-18-29(19-13-23)50(48,49)45-36(27-10-6-3-7-11-27)34(30-20-28(40)22-41-38(30)45)37-42-31(24-8-4-2-5-9-24)21-32(44-37)43-35-26-16-14-25(15-17-26)33(35)39(46)47/h2-13,18-22,25-26,33,35H,14-17H2,1H3,(H,46,47)(H,42,43,44). The minimum Gasteiger partial charge on any atom is -0.481 e. The van der Waals surface area contributed by atoms with Crippen molar-refractivity contribution >= 4 is 32.8 Å². The molecule has 0 saturated heterocycles. The summed E-state index contributed by atoms with van der Waals surface area (Å²) in [5, 5.41) is 14.0. The molecular weight excluding hydrogens is 654 g/mol. The lowest BCUT2D eigenvalue weighted by molar-refractivity contribution is -0.148. The van der Waals surface area contributed by atoms with Gasteiger partial charge in [0.2, 0.25) is 0 Å². The molecule has 0 spiro atoms. The van der Waals surface area contributed by atoms with Crippen molar-refractivity contribution in [3.63, 3.8) is 0 Å². The van der Waals surface area contributed by atoms with E-state index in [9.17, 15) is 18.3 Å². The fourth-order valence-electron chi connectivity index (χ4n) is 7.82. The van der Waals surface area contributed by atoms with Crippen LogP contribution in [0.3, 0.4) is 0 Å². The second-order valence-electron chi connectivity index (χ2n) is 13.2. The van der Waals surface area contributed by atoms with Crippen molar-refractivity contribution in [2.24, 2.45) is 17.8 Å². The minimum atomic E-state index is -4.28. The number of pyridine rings is 1. The van der Waals surface area contributed by atoms with Crippen LogP contribution in [0.15, 0.2) is 108 Å². The molecule has 3 aliphatic rings. The summed E-state index contributed by atoms with van der Waals surface area (Å²) in [5.41, 5.74) is 3.30. The molecule has 3 aromatic carbocycles. The molecule has 50 heavy (non-hydrogen) atoms. The normalized spacial score (nSPS) is 20.2. The van der Waals surface area contributed by atoms with Crippen LogP contribution < -0.4 is 5.32 Å². The molecule has 2 atom stereocenters. The van der Waals surface area contributed by atoms with Gasteiger partial charge in [0, 0.05) is 28.6 Å². The highest BCUT2D eigenvalue weighted by Gasteiger charge is 2.47. The summed E-state index contributed by atoms with van der Waals surface area (Å²) in [5.74, 6) is -1.25. The molecule has 0 amide bonds. The Morgan fingerprint density at radius 1 is 0.860 bits per heavy atom. The average molecular weight is 688 g/mol. The SMILES string of the molecule is Cc1ccc(S(=O)(=O)n2c(-c3ccccc3)c(-c3nc(NC4C5CCC(CC5)C4C(=O)O)cc(-c4ccccc4)n3)c3cc(F)cnc32)cc1. The monoisotopic (exact) mass is 687 g/mol. The molecule has 9 nitrogen and oxygen atoms in total. The van der Waals surface area contributed by atoms with Gasteiger partial charge < -0.3 is 10.4 Å². The van der Waals surface area contributed by atoms with Gasteiger partial charge in [-0.25, -0.2) is 31.7 Å². The van der Waals surface area contributed by atoms with Crippen LogP contribution in [0.1, 0.15) is 31.2 Å². The molecular formula is C39H34FN5O4S. The first-order chi connectivity index (χ1) is 24.2. The molecule has 2 bridgehead atoms. The topological polar surface area (TPSA) is 127 Å². The zero-order chi connectivity index (χ0) is 34.6. The molecule has 3 fully saturated rings. The summed E-state index contributed by atoms with van der Waals surface area (Å²) in [4.78, 5) is 26.9. The number of halogens is 1. The number of fused-ring (bicyclic) bond motifs is 4. The van der Waals surface area contributed by atoms with Crippen molar-refractivity contribution in [2.75, 3.05) is 5.32 Å². The molecule has 2 N–H and O–H groups in total. The maximum absolute atomic E-state index is 15.1. The van der Waals surface area contributed by atoms with Gasteiger partial charge in [0.25, 0.3) is 10.0 Å². The van der Waals surface area contributed by atoms with E-state index in [2.05, 4.69) is 10.3 Å². The van der Waals surface area contributed by atoms with Crippen molar-refractivity contribution in [3.05, 3.63) is 115 Å². The van der Waals surface area contributed by atoms with Crippen LogP contribution in [-0.4, -0.2) is 44.5 Å². The van der Waals surface area contributed by atoms with Crippen LogP contribution in [0.2, 0.25) is 0 Å². The van der Waals surface area contributed by atoms with Crippen molar-refractivity contribution in [1.82, 2.24) is 18.9 Å². The van der Waals surface area contributed by atoms with Gasteiger partial charge in [-0.1, -0.05) is 78.4 Å². The van der Waals surface area contributed by atoms with E-state index >= 15 is 4.39 Å². The van der Waals surface area contributed by atoms with E-state index in [0.717, 1.165) is 47.0 Å². The first-order valence-corrected chi connectivity index (χ1v) is 18.1. The van der Waals surface area contributed by atoms with Crippen LogP contribution in [-0.2, 0) is 14.8 Å². The maximum Gasteiger partial charge on any atom is 0.308 e. The van der Waals surface area contributed by atoms with E-state index in [4.69, 9.17) is 9.97 Å². The zero-order valence-electron chi connectivity index (χ0n) is 27.2. The quantitative estimate of drug-likeness (QED) is 0.166. The van der Waals surface area contributed by atoms with E-state index in [0.29, 0.717) is 17.1 Å². The number of anilines is 1. The molecule has 11 heteroatoms. The Balaban J connectivity index is 1.41. The zero-order valence-corrected chi connectivity index (χ0v) is 28.0. The third-order valence-electron chi connectivity index (χ3n) is 10.2. The van der Waals surface area contributed by atoms with E-state index < -0.39 is 27.7 Å². The first kappa shape index (κ1) is 31.8. The number of nitrogens with one attached hydrogen (secondary N) is 1. The second kappa shape index (κ2) is 12.5. The van der Waals surface area contributed by atoms with Gasteiger partial charge in [0.05, 0.1) is 34.0 Å². The Hall–Kier alpha value is -5.42. The summed E-state index contributed by atoms with van der Waals surface area (Å²) in [7, 11) is -4.28. The molecule has 6 aromatic rings. The molecule has 3 saturated carbocycles. The molecule has 3 heterocycles. The number of aliphatic carboxylic acids is 1. The minimum absolute atomic E-state index is 0.0274. The lowest BCUT2D eigenvalue weighted by Gasteiger charge is -2.47. The Kier molecular flexibility index (Phi) is 7.94. The van der Waals surface area contributed by atoms with E-state index in [1.807, 2.05) is 43.3 Å². The lowest BCUT2D eigenvalue weighted by Crippen LogP contribution is -2.51. The number of nitrogens with zero attached hydrogens (tertiary/aromatic N) is 4. The molecule has 0 aliphatic heterocycles. The third-order valence-corrected chi connectivity index (χ3v) is 11.9. The fraction of sp³-hybridized carbons (Fsp3) is 0.231. The van der Waals surface area contributed by atoms with E-state index in [1.54, 1.807) is 54.6 Å². The lowest BCUT2D eigenvalue weighted by atomic mass is 9.61. The molecule has 3 aromatic heterocycles. The number of hydrogen-bond donors (Lipinski definition) is 2. The fourth-order valence-corrected chi connectivity index (χ4v) is 9.32. The first-order valence-electron chi connectivity index (χ1n) is 16.7. The maximum atomic E-state index is 15.1. The molecule has 9 rings (SSSR count). The van der Waals surface area contributed by atoms with Crippen LogP contribution in [0.5, 0.6) is 0 Å². The van der Waals surface area contributed by atoms with Crippen LogP contribution >= 0.6 is 0 Å². The Bertz CT molecular complexity index is 2340.